The zero-order chi connectivity index (χ0) is 74.6. The van der Waals surface area contributed by atoms with E-state index in [1.807, 2.05) is 6.08 Å². The lowest BCUT2D eigenvalue weighted by Crippen LogP contribution is -2.66. The van der Waals surface area contributed by atoms with Gasteiger partial charge in [-0.3, -0.25) is 4.79 Å². The van der Waals surface area contributed by atoms with E-state index >= 15 is 0 Å². The summed E-state index contributed by atoms with van der Waals surface area (Å²) in [7, 11) is 0. The molecule has 0 spiro atoms. The number of rotatable bonds is 69. The van der Waals surface area contributed by atoms with Crippen LogP contribution in [0.5, 0.6) is 0 Å². The molecule has 0 saturated carbocycles. The summed E-state index contributed by atoms with van der Waals surface area (Å²) in [4.78, 5) is 13.5. The van der Waals surface area contributed by atoms with E-state index in [-0.39, 0.29) is 18.9 Å². The summed E-state index contributed by atoms with van der Waals surface area (Å²) >= 11 is 0. The topological polar surface area (TPSA) is 307 Å². The number of hydrogen-bond donors (Lipinski definition) is 12. The van der Waals surface area contributed by atoms with E-state index in [4.69, 9.17) is 28.4 Å². The van der Waals surface area contributed by atoms with E-state index in [1.165, 1.54) is 283 Å². The molecule has 19 nitrogen and oxygen atoms in total. The molecular formula is C84H157NO18. The first-order chi connectivity index (χ1) is 50.3. The molecule has 0 aliphatic carbocycles. The fraction of sp³-hybridized carbons (Fsp3) is 0.917. The molecule has 17 atom stereocenters. The van der Waals surface area contributed by atoms with E-state index in [0.717, 1.165) is 51.4 Å². The average molecular weight is 1470 g/mol. The molecule has 3 aliphatic rings. The molecule has 3 rings (SSSR count). The number of amides is 1. The Morgan fingerprint density at radius 1 is 0.350 bits per heavy atom. The first kappa shape index (κ1) is 95.2. The highest BCUT2D eigenvalue weighted by Gasteiger charge is 2.54. The summed E-state index contributed by atoms with van der Waals surface area (Å²) in [5.74, 6) is -0.268. The van der Waals surface area contributed by atoms with Crippen molar-refractivity contribution < 1.29 is 89.4 Å². The quantitative estimate of drug-likeness (QED) is 0.0199. The van der Waals surface area contributed by atoms with Gasteiger partial charge in [-0.1, -0.05) is 339 Å². The zero-order valence-corrected chi connectivity index (χ0v) is 65.1. The van der Waals surface area contributed by atoms with Crippen molar-refractivity contribution in [3.63, 3.8) is 0 Å². The van der Waals surface area contributed by atoms with Crippen LogP contribution in [-0.2, 0) is 33.2 Å². The van der Waals surface area contributed by atoms with Crippen LogP contribution in [0.25, 0.3) is 0 Å². The summed E-state index contributed by atoms with van der Waals surface area (Å²) in [6, 6.07) is -0.972. The largest absolute Gasteiger partial charge is 0.394 e. The normalized spacial score (nSPS) is 26.2. The first-order valence-electron chi connectivity index (χ1n) is 42.7. The van der Waals surface area contributed by atoms with Gasteiger partial charge in [0.1, 0.15) is 73.2 Å². The van der Waals surface area contributed by atoms with Gasteiger partial charge in [-0.05, 0) is 51.4 Å². The second-order valence-electron chi connectivity index (χ2n) is 30.6. The van der Waals surface area contributed by atoms with Crippen LogP contribution in [-0.4, -0.2) is 193 Å². The zero-order valence-electron chi connectivity index (χ0n) is 65.1. The van der Waals surface area contributed by atoms with Crippen molar-refractivity contribution in [2.24, 2.45) is 0 Å². The third kappa shape index (κ3) is 44.5. The predicted octanol–water partition coefficient (Wildman–Crippen LogP) is 15.1. The lowest BCUT2D eigenvalue weighted by Gasteiger charge is -2.48. The molecule has 0 aromatic rings. The number of carbonyl (C=O) groups is 1. The number of carbonyl (C=O) groups excluding carboxylic acids is 1. The van der Waals surface area contributed by atoms with Crippen LogP contribution in [0.15, 0.2) is 36.5 Å². The minimum Gasteiger partial charge on any atom is -0.394 e. The Hall–Kier alpha value is -1.99. The maximum atomic E-state index is 13.5. The van der Waals surface area contributed by atoms with Gasteiger partial charge in [-0.2, -0.15) is 0 Å². The molecule has 3 heterocycles. The number of aliphatic hydroxyl groups is 11. The molecule has 0 radical (unpaired) electrons. The van der Waals surface area contributed by atoms with Crippen LogP contribution in [0.3, 0.4) is 0 Å². The number of unbranched alkanes of at least 4 members (excludes halogenated alkanes) is 49. The Labute approximate surface area is 625 Å². The molecule has 606 valence electrons. The molecule has 19 heteroatoms. The van der Waals surface area contributed by atoms with Crippen LogP contribution >= 0.6 is 0 Å². The number of hydrogen-bond acceptors (Lipinski definition) is 18. The first-order valence-corrected chi connectivity index (χ1v) is 42.7. The number of nitrogens with one attached hydrogen (secondary N) is 1. The van der Waals surface area contributed by atoms with Crippen molar-refractivity contribution >= 4 is 5.91 Å². The molecule has 0 aromatic heterocycles. The highest BCUT2D eigenvalue weighted by atomic mass is 16.8. The Kier molecular flexibility index (Phi) is 59.9. The molecule has 12 N–H and O–H groups in total. The number of allylic oxidation sites excluding steroid dienone is 5. The third-order valence-corrected chi connectivity index (χ3v) is 21.4. The Bertz CT molecular complexity index is 2000. The highest BCUT2D eigenvalue weighted by Crippen LogP contribution is 2.33. The molecule has 3 aliphatic heterocycles. The average Bonchev–Trinajstić information content (AvgIpc) is 0.781. The van der Waals surface area contributed by atoms with E-state index in [1.54, 1.807) is 6.08 Å². The van der Waals surface area contributed by atoms with Gasteiger partial charge in [-0.15, -0.1) is 0 Å². The van der Waals surface area contributed by atoms with Crippen molar-refractivity contribution in [1.82, 2.24) is 5.32 Å². The van der Waals surface area contributed by atoms with Gasteiger partial charge in [0.25, 0.3) is 0 Å². The van der Waals surface area contributed by atoms with Crippen molar-refractivity contribution in [2.75, 3.05) is 26.4 Å². The fourth-order valence-corrected chi connectivity index (χ4v) is 14.6. The van der Waals surface area contributed by atoms with Crippen molar-refractivity contribution in [1.29, 1.82) is 0 Å². The second kappa shape index (κ2) is 64.8. The second-order valence-corrected chi connectivity index (χ2v) is 30.6. The Morgan fingerprint density at radius 3 is 0.990 bits per heavy atom. The number of ether oxygens (including phenoxy) is 6. The summed E-state index contributed by atoms with van der Waals surface area (Å²) in [5, 5.41) is 121. The minimum absolute atomic E-state index is 0.248. The van der Waals surface area contributed by atoms with E-state index < -0.39 is 124 Å². The number of aliphatic hydroxyl groups excluding tert-OH is 11. The lowest BCUT2D eigenvalue weighted by atomic mass is 9.96. The standard InChI is InChI=1S/C84H157NO18/c1-3-5-7-9-11-13-15-17-19-21-23-25-26-27-28-29-30-31-32-33-34-35-36-37-38-39-40-42-44-46-48-50-52-54-56-58-60-62-72(90)85-67(68(89)61-59-57-55-53-51-49-47-45-43-41-24-22-20-18-16-14-12-10-8-6-4-2)66-98-82-78(96)75(93)80(70(64-87)100-82)103-84-79(97)76(94)81(71(65-88)101-84)102-83-77(95)74(92)73(91)69(63-86)99-83/h15,17,21,23,59,61,67-71,73-84,86-89,91-97H,3-14,16,18-20,22,24-58,60,62-66H2,1-2H3,(H,85,90)/b17-15-,23-21-,61-59+. The molecule has 3 fully saturated rings. The van der Waals surface area contributed by atoms with E-state index in [0.29, 0.717) is 6.42 Å². The maximum Gasteiger partial charge on any atom is 0.220 e. The van der Waals surface area contributed by atoms with Gasteiger partial charge in [0.05, 0.1) is 38.6 Å². The summed E-state index contributed by atoms with van der Waals surface area (Å²) < 4.78 is 34.5. The molecule has 0 bridgehead atoms. The van der Waals surface area contributed by atoms with Crippen molar-refractivity contribution in [3.8, 4) is 0 Å². The van der Waals surface area contributed by atoms with Gasteiger partial charge in [0.15, 0.2) is 18.9 Å². The van der Waals surface area contributed by atoms with Gasteiger partial charge >= 0.3 is 0 Å². The van der Waals surface area contributed by atoms with Crippen molar-refractivity contribution in [2.45, 2.75) is 465 Å². The van der Waals surface area contributed by atoms with Crippen LogP contribution in [0.2, 0.25) is 0 Å². The fourth-order valence-electron chi connectivity index (χ4n) is 14.6. The van der Waals surface area contributed by atoms with Gasteiger partial charge < -0.3 is 89.9 Å². The highest BCUT2D eigenvalue weighted by molar-refractivity contribution is 5.76. The Balaban J connectivity index is 1.32. The van der Waals surface area contributed by atoms with Crippen LogP contribution in [0, 0.1) is 0 Å². The predicted molar refractivity (Wildman–Crippen MR) is 411 cm³/mol. The molecule has 3 saturated heterocycles. The molecule has 1 amide bonds. The smallest absolute Gasteiger partial charge is 0.220 e. The molecule has 17 unspecified atom stereocenters. The Morgan fingerprint density at radius 2 is 0.641 bits per heavy atom. The monoisotopic (exact) mass is 1470 g/mol. The summed E-state index contributed by atoms with van der Waals surface area (Å²) in [6.07, 6.45) is 54.3. The van der Waals surface area contributed by atoms with Crippen LogP contribution in [0.4, 0.5) is 0 Å². The van der Waals surface area contributed by atoms with E-state index in [9.17, 15) is 61.0 Å². The third-order valence-electron chi connectivity index (χ3n) is 21.4. The molecule has 103 heavy (non-hydrogen) atoms. The summed E-state index contributed by atoms with van der Waals surface area (Å²) in [5.41, 5.74) is 0. The van der Waals surface area contributed by atoms with Gasteiger partial charge in [-0.25, -0.2) is 0 Å². The lowest BCUT2D eigenvalue weighted by molar-refractivity contribution is -0.379. The minimum atomic E-state index is -1.98. The van der Waals surface area contributed by atoms with Gasteiger partial charge in [0, 0.05) is 6.42 Å². The van der Waals surface area contributed by atoms with Crippen molar-refractivity contribution in [3.05, 3.63) is 36.5 Å². The van der Waals surface area contributed by atoms with Crippen LogP contribution < -0.4 is 5.32 Å². The maximum absolute atomic E-state index is 13.5. The van der Waals surface area contributed by atoms with Crippen LogP contribution in [0.1, 0.15) is 361 Å². The SMILES string of the molecule is CCCCCCC/C=C\C/C=C\CCCCCCCCCCCCCCCCCCCCCCCCCCCC(=O)NC(COC1OC(CO)C(OC2OC(CO)C(OC3OC(CO)C(O)C(O)C3O)C(O)C2O)C(O)C1O)C(O)/C=C/CCCCCCCCCCCCCCCCCCCCC. The van der Waals surface area contributed by atoms with E-state index in [2.05, 4.69) is 43.5 Å². The molecule has 0 aromatic carbocycles. The molecular weight excluding hydrogens is 1310 g/mol. The van der Waals surface area contributed by atoms with Gasteiger partial charge in [0.2, 0.25) is 5.91 Å². The summed E-state index contributed by atoms with van der Waals surface area (Å²) in [6.45, 7) is 1.78.